The zero-order chi connectivity index (χ0) is 29.2. The third-order valence-corrected chi connectivity index (χ3v) is 7.05. The van der Waals surface area contributed by atoms with Gasteiger partial charge in [-0.1, -0.05) is 53.2 Å². The SMILES string of the molecule is CCCCNC(=O)[C@@H](C[C@H](O)[C@@H](N)C[C@H](CNC(=O)c1ccccc1OCCOCCOC)C(C)C)C(C)C. The molecule has 5 N–H and O–H groups in total. The highest BCUT2D eigenvalue weighted by molar-refractivity contribution is 5.96. The van der Waals surface area contributed by atoms with Gasteiger partial charge < -0.3 is 35.7 Å². The number of methoxy groups -OCH3 is 1. The van der Waals surface area contributed by atoms with Crippen LogP contribution in [0, 0.1) is 23.7 Å². The van der Waals surface area contributed by atoms with E-state index in [-0.39, 0.29) is 35.5 Å². The number of aliphatic hydroxyl groups excluding tert-OH is 1. The Morgan fingerprint density at radius 2 is 1.67 bits per heavy atom. The number of rotatable bonds is 21. The molecule has 0 fully saturated rings. The molecule has 0 aromatic heterocycles. The number of aliphatic hydroxyl groups is 1. The molecule has 0 bridgehead atoms. The van der Waals surface area contributed by atoms with Gasteiger partial charge in [-0.3, -0.25) is 9.59 Å². The Kier molecular flexibility index (Phi) is 17.7. The maximum Gasteiger partial charge on any atom is 0.255 e. The van der Waals surface area contributed by atoms with Crippen molar-refractivity contribution in [1.82, 2.24) is 10.6 Å². The molecule has 0 heterocycles. The molecule has 39 heavy (non-hydrogen) atoms. The number of hydrogen-bond acceptors (Lipinski definition) is 7. The van der Waals surface area contributed by atoms with Gasteiger partial charge in [-0.25, -0.2) is 0 Å². The van der Waals surface area contributed by atoms with Crippen LogP contribution in [-0.4, -0.2) is 75.7 Å². The number of amides is 2. The summed E-state index contributed by atoms with van der Waals surface area (Å²) in [6, 6.07) is 6.61. The Bertz CT molecular complexity index is 820. The van der Waals surface area contributed by atoms with Crippen molar-refractivity contribution >= 4 is 11.8 Å². The molecule has 224 valence electrons. The number of ether oxygens (including phenoxy) is 3. The van der Waals surface area contributed by atoms with E-state index >= 15 is 0 Å². The summed E-state index contributed by atoms with van der Waals surface area (Å²) in [5.41, 5.74) is 6.89. The van der Waals surface area contributed by atoms with Gasteiger partial charge >= 0.3 is 0 Å². The van der Waals surface area contributed by atoms with E-state index in [2.05, 4.69) is 31.4 Å². The second-order valence-electron chi connectivity index (χ2n) is 10.9. The van der Waals surface area contributed by atoms with E-state index in [4.69, 9.17) is 19.9 Å². The second kappa shape index (κ2) is 19.8. The zero-order valence-corrected chi connectivity index (χ0v) is 24.9. The fourth-order valence-electron chi connectivity index (χ4n) is 4.29. The number of hydrogen-bond donors (Lipinski definition) is 4. The summed E-state index contributed by atoms with van der Waals surface area (Å²) >= 11 is 0. The van der Waals surface area contributed by atoms with E-state index in [1.54, 1.807) is 25.3 Å². The van der Waals surface area contributed by atoms with Gasteiger partial charge in [-0.15, -0.1) is 0 Å². The Morgan fingerprint density at radius 1 is 0.974 bits per heavy atom. The topological polar surface area (TPSA) is 132 Å². The molecule has 1 rings (SSSR count). The van der Waals surface area contributed by atoms with Crippen LogP contribution in [0.15, 0.2) is 24.3 Å². The van der Waals surface area contributed by atoms with Crippen molar-refractivity contribution in [3.8, 4) is 5.75 Å². The fraction of sp³-hybridized carbons (Fsp3) is 0.733. The van der Waals surface area contributed by atoms with Crippen molar-refractivity contribution in [3.05, 3.63) is 29.8 Å². The van der Waals surface area contributed by atoms with E-state index in [1.807, 2.05) is 19.9 Å². The maximum absolute atomic E-state index is 13.0. The average Bonchev–Trinajstić information content (AvgIpc) is 2.90. The first-order chi connectivity index (χ1) is 18.6. The first kappa shape index (κ1) is 34.8. The van der Waals surface area contributed by atoms with E-state index < -0.39 is 12.1 Å². The van der Waals surface area contributed by atoms with Gasteiger partial charge in [0.15, 0.2) is 0 Å². The normalized spacial score (nSPS) is 14.6. The van der Waals surface area contributed by atoms with E-state index in [1.165, 1.54) is 0 Å². The zero-order valence-electron chi connectivity index (χ0n) is 24.9. The lowest BCUT2D eigenvalue weighted by atomic mass is 9.83. The molecule has 9 nitrogen and oxygen atoms in total. The molecule has 0 aliphatic heterocycles. The molecular weight excluding hydrogens is 498 g/mol. The van der Waals surface area contributed by atoms with Crippen molar-refractivity contribution in [2.45, 2.75) is 72.4 Å². The quantitative estimate of drug-likeness (QED) is 0.172. The van der Waals surface area contributed by atoms with Crippen LogP contribution in [0.3, 0.4) is 0 Å². The molecule has 0 radical (unpaired) electrons. The van der Waals surface area contributed by atoms with E-state index in [0.29, 0.717) is 63.7 Å². The van der Waals surface area contributed by atoms with Crippen molar-refractivity contribution in [3.63, 3.8) is 0 Å². The molecule has 4 atom stereocenters. The lowest BCUT2D eigenvalue weighted by Crippen LogP contribution is -2.44. The lowest BCUT2D eigenvalue weighted by Gasteiger charge is -2.30. The first-order valence-corrected chi connectivity index (χ1v) is 14.4. The van der Waals surface area contributed by atoms with Crippen molar-refractivity contribution in [2.24, 2.45) is 29.4 Å². The molecule has 9 heteroatoms. The van der Waals surface area contributed by atoms with Gasteiger partial charge in [0.05, 0.1) is 31.5 Å². The number of carbonyl (C=O) groups excluding carboxylic acids is 2. The molecule has 0 spiro atoms. The molecule has 1 aromatic rings. The lowest BCUT2D eigenvalue weighted by molar-refractivity contribution is -0.127. The van der Waals surface area contributed by atoms with Gasteiger partial charge in [-0.2, -0.15) is 0 Å². The van der Waals surface area contributed by atoms with Crippen LogP contribution in [0.5, 0.6) is 5.75 Å². The molecule has 0 saturated carbocycles. The summed E-state index contributed by atoms with van der Waals surface area (Å²) in [5, 5.41) is 16.9. The molecule has 1 aromatic carbocycles. The van der Waals surface area contributed by atoms with E-state index in [9.17, 15) is 14.7 Å². The number of carbonyl (C=O) groups is 2. The van der Waals surface area contributed by atoms with Gasteiger partial charge in [0, 0.05) is 32.2 Å². The molecule has 0 unspecified atom stereocenters. The van der Waals surface area contributed by atoms with Crippen LogP contribution in [0.1, 0.15) is 70.7 Å². The summed E-state index contributed by atoms with van der Waals surface area (Å²) in [6.45, 7) is 13.0. The van der Waals surface area contributed by atoms with Crippen LogP contribution in [0.4, 0.5) is 0 Å². The fourth-order valence-corrected chi connectivity index (χ4v) is 4.29. The van der Waals surface area contributed by atoms with Crippen molar-refractivity contribution in [1.29, 1.82) is 0 Å². The smallest absolute Gasteiger partial charge is 0.255 e. The minimum absolute atomic E-state index is 0.0280. The largest absolute Gasteiger partial charge is 0.490 e. The number of nitrogens with one attached hydrogen (secondary N) is 2. The summed E-state index contributed by atoms with van der Waals surface area (Å²) in [4.78, 5) is 25.7. The Labute approximate surface area is 235 Å². The summed E-state index contributed by atoms with van der Waals surface area (Å²) in [5.74, 6) is 0.314. The molecule has 2 amide bonds. The number of para-hydroxylation sites is 1. The van der Waals surface area contributed by atoms with Crippen molar-refractivity contribution in [2.75, 3.05) is 46.6 Å². The Morgan fingerprint density at radius 3 is 2.31 bits per heavy atom. The average molecular weight is 552 g/mol. The number of nitrogens with two attached hydrogens (primary N) is 1. The number of unbranched alkanes of at least 4 members (excludes halogenated alkanes) is 1. The Hall–Kier alpha value is -2.20. The highest BCUT2D eigenvalue weighted by Gasteiger charge is 2.29. The molecule has 0 aliphatic rings. The Balaban J connectivity index is 2.68. The van der Waals surface area contributed by atoms with Crippen LogP contribution in [-0.2, 0) is 14.3 Å². The summed E-state index contributed by atoms with van der Waals surface area (Å²) in [7, 11) is 1.62. The minimum Gasteiger partial charge on any atom is -0.490 e. The third kappa shape index (κ3) is 13.6. The van der Waals surface area contributed by atoms with Crippen LogP contribution in [0.2, 0.25) is 0 Å². The van der Waals surface area contributed by atoms with Gasteiger partial charge in [0.1, 0.15) is 12.4 Å². The summed E-state index contributed by atoms with van der Waals surface area (Å²) < 4.78 is 16.2. The maximum atomic E-state index is 13.0. The highest BCUT2D eigenvalue weighted by atomic mass is 16.5. The van der Waals surface area contributed by atoms with Gasteiger partial charge in [0.2, 0.25) is 5.91 Å². The third-order valence-electron chi connectivity index (χ3n) is 7.05. The van der Waals surface area contributed by atoms with E-state index in [0.717, 1.165) is 12.8 Å². The highest BCUT2D eigenvalue weighted by Crippen LogP contribution is 2.24. The predicted octanol–water partition coefficient (Wildman–Crippen LogP) is 3.39. The molecule has 0 saturated heterocycles. The van der Waals surface area contributed by atoms with Gasteiger partial charge in [0.25, 0.3) is 5.91 Å². The minimum atomic E-state index is -0.813. The van der Waals surface area contributed by atoms with Crippen LogP contribution >= 0.6 is 0 Å². The van der Waals surface area contributed by atoms with Crippen LogP contribution < -0.4 is 21.1 Å². The predicted molar refractivity (Wildman–Crippen MR) is 155 cm³/mol. The van der Waals surface area contributed by atoms with Gasteiger partial charge in [-0.05, 0) is 49.1 Å². The summed E-state index contributed by atoms with van der Waals surface area (Å²) in [6.07, 6.45) is 1.97. The molecule has 0 aliphatic carbocycles. The second-order valence-corrected chi connectivity index (χ2v) is 10.9. The van der Waals surface area contributed by atoms with Crippen molar-refractivity contribution < 1.29 is 28.9 Å². The standard InChI is InChI=1S/C30H53N3O6/c1-7-8-13-32-30(36)25(22(4)5)19-27(34)26(31)18-23(21(2)3)20-33-29(35)24-11-9-10-12-28(24)39-17-16-38-15-14-37-6/h9-12,21-23,25-27,34H,7-8,13-20,31H2,1-6H3,(H,32,36)(H,33,35)/t23-,25+,26+,27+/m1/s1. The number of benzene rings is 1. The molecular formula is C30H53N3O6. The van der Waals surface area contributed by atoms with Crippen LogP contribution in [0.25, 0.3) is 0 Å². The first-order valence-electron chi connectivity index (χ1n) is 14.4. The monoisotopic (exact) mass is 551 g/mol.